The Hall–Kier alpha value is -3.22. The zero-order valence-corrected chi connectivity index (χ0v) is 16.6. The van der Waals surface area contributed by atoms with E-state index in [-0.39, 0.29) is 5.91 Å². The molecule has 0 saturated carbocycles. The molecule has 3 aromatic rings. The Bertz CT molecular complexity index is 1080. The van der Waals surface area contributed by atoms with Crippen LogP contribution < -0.4 is 0 Å². The molecule has 0 aliphatic carbocycles. The van der Waals surface area contributed by atoms with Gasteiger partial charge in [0.05, 0.1) is 16.8 Å². The fourth-order valence-corrected chi connectivity index (χ4v) is 4.17. The van der Waals surface area contributed by atoms with Crippen LogP contribution in [0, 0.1) is 12.8 Å². The van der Waals surface area contributed by atoms with E-state index in [1.807, 2.05) is 37.1 Å². The number of fused-ring (bicyclic) bond motifs is 1. The van der Waals surface area contributed by atoms with E-state index in [0.29, 0.717) is 30.1 Å². The lowest BCUT2D eigenvalue weighted by Gasteiger charge is -2.32. The van der Waals surface area contributed by atoms with Crippen molar-refractivity contribution in [3.8, 4) is 0 Å². The molecule has 1 saturated heterocycles. The molecule has 0 bridgehead atoms. The third-order valence-electron chi connectivity index (χ3n) is 5.77. The zero-order valence-electron chi connectivity index (χ0n) is 16.6. The molecule has 7 nitrogen and oxygen atoms in total. The van der Waals surface area contributed by atoms with Gasteiger partial charge in [0.25, 0.3) is 5.91 Å². The first kappa shape index (κ1) is 19.1. The molecular weight excluding hydrogens is 368 g/mol. The molecule has 1 aromatic carbocycles. The van der Waals surface area contributed by atoms with Gasteiger partial charge in [0.2, 0.25) is 0 Å². The van der Waals surface area contributed by atoms with Crippen molar-refractivity contribution in [2.75, 3.05) is 13.1 Å². The molecule has 4 rings (SSSR count). The quantitative estimate of drug-likeness (QED) is 0.737. The second-order valence-corrected chi connectivity index (χ2v) is 7.71. The summed E-state index contributed by atoms with van der Waals surface area (Å²) in [7, 11) is 1.84. The fourth-order valence-electron chi connectivity index (χ4n) is 4.17. The molecule has 2 aromatic heterocycles. The van der Waals surface area contributed by atoms with Crippen LogP contribution in [0.2, 0.25) is 0 Å². The highest BCUT2D eigenvalue weighted by Gasteiger charge is 2.25. The Morgan fingerprint density at radius 1 is 1.21 bits per heavy atom. The number of aryl methyl sites for hydroxylation is 2. The van der Waals surface area contributed by atoms with Crippen LogP contribution in [0.25, 0.3) is 11.0 Å². The summed E-state index contributed by atoms with van der Waals surface area (Å²) in [6.07, 6.45) is 4.08. The summed E-state index contributed by atoms with van der Waals surface area (Å²) < 4.78 is 1.72. The monoisotopic (exact) mass is 392 g/mol. The van der Waals surface area contributed by atoms with E-state index in [1.165, 1.54) is 0 Å². The number of aromatic nitrogens is 3. The predicted octanol–water partition coefficient (Wildman–Crippen LogP) is 3.07. The van der Waals surface area contributed by atoms with Crippen molar-refractivity contribution in [2.24, 2.45) is 13.0 Å². The number of carbonyl (C=O) groups is 2. The van der Waals surface area contributed by atoms with E-state index >= 15 is 0 Å². The molecule has 3 heterocycles. The third kappa shape index (κ3) is 3.72. The fraction of sp³-hybridized carbons (Fsp3) is 0.364. The van der Waals surface area contributed by atoms with Crippen LogP contribution in [0.3, 0.4) is 0 Å². The van der Waals surface area contributed by atoms with Crippen LogP contribution in [0.5, 0.6) is 0 Å². The summed E-state index contributed by atoms with van der Waals surface area (Å²) >= 11 is 0. The number of piperidine rings is 1. The van der Waals surface area contributed by atoms with Gasteiger partial charge in [0.1, 0.15) is 0 Å². The highest BCUT2D eigenvalue weighted by Crippen LogP contribution is 2.25. The highest BCUT2D eigenvalue weighted by molar-refractivity contribution is 5.97. The van der Waals surface area contributed by atoms with Gasteiger partial charge in [0.15, 0.2) is 5.65 Å². The predicted molar refractivity (Wildman–Crippen MR) is 109 cm³/mol. The number of amides is 1. The Balaban J connectivity index is 1.43. The van der Waals surface area contributed by atoms with Gasteiger partial charge in [-0.2, -0.15) is 5.10 Å². The number of aromatic carboxylic acids is 1. The van der Waals surface area contributed by atoms with Crippen LogP contribution in [0.4, 0.5) is 0 Å². The summed E-state index contributed by atoms with van der Waals surface area (Å²) in [5, 5.41) is 14.6. The lowest BCUT2D eigenvalue weighted by atomic mass is 9.88. The van der Waals surface area contributed by atoms with Gasteiger partial charge >= 0.3 is 5.97 Å². The zero-order chi connectivity index (χ0) is 20.5. The van der Waals surface area contributed by atoms with Crippen molar-refractivity contribution in [1.29, 1.82) is 0 Å². The van der Waals surface area contributed by atoms with Crippen molar-refractivity contribution in [2.45, 2.75) is 26.2 Å². The Labute approximate surface area is 169 Å². The van der Waals surface area contributed by atoms with Gasteiger partial charge in [-0.05, 0) is 49.8 Å². The number of carboxylic acids is 1. The topological polar surface area (TPSA) is 88.3 Å². The molecule has 1 amide bonds. The number of carboxylic acid groups (broad SMARTS) is 1. The summed E-state index contributed by atoms with van der Waals surface area (Å²) in [5.41, 5.74) is 3.46. The first-order chi connectivity index (χ1) is 13.9. The molecule has 0 unspecified atom stereocenters. The van der Waals surface area contributed by atoms with E-state index in [2.05, 4.69) is 10.1 Å². The van der Waals surface area contributed by atoms with Gasteiger partial charge in [-0.25, -0.2) is 9.78 Å². The molecule has 0 spiro atoms. The smallest absolute Gasteiger partial charge is 0.335 e. The maximum atomic E-state index is 13.0. The maximum Gasteiger partial charge on any atom is 0.335 e. The summed E-state index contributed by atoms with van der Waals surface area (Å²) in [5.74, 6) is -0.519. The number of hydrogen-bond donors (Lipinski definition) is 1. The number of hydrogen-bond acceptors (Lipinski definition) is 4. The lowest BCUT2D eigenvalue weighted by molar-refractivity contribution is 0.0690. The van der Waals surface area contributed by atoms with Crippen molar-refractivity contribution in [3.05, 3.63) is 58.9 Å². The number of carbonyl (C=O) groups excluding carboxylic acids is 1. The second kappa shape index (κ2) is 7.66. The van der Waals surface area contributed by atoms with Crippen LogP contribution in [-0.2, 0) is 13.5 Å². The molecule has 29 heavy (non-hydrogen) atoms. The average Bonchev–Trinajstić information content (AvgIpc) is 3.01. The SMILES string of the molecule is Cc1nn(C)c2ncc(C(=O)N3CCC(Cc4ccccc4C(=O)O)CC3)cc12. The number of benzene rings is 1. The average molecular weight is 392 g/mol. The minimum absolute atomic E-state index is 0.00737. The van der Waals surface area contributed by atoms with E-state index < -0.39 is 5.97 Å². The highest BCUT2D eigenvalue weighted by atomic mass is 16.4. The van der Waals surface area contributed by atoms with E-state index in [1.54, 1.807) is 23.0 Å². The van der Waals surface area contributed by atoms with Crippen LogP contribution in [0.15, 0.2) is 36.5 Å². The molecule has 1 fully saturated rings. The number of likely N-dealkylation sites (tertiary alicyclic amines) is 1. The molecule has 0 radical (unpaired) electrons. The summed E-state index contributed by atoms with van der Waals surface area (Å²) in [6.45, 7) is 3.25. The van der Waals surface area contributed by atoms with E-state index in [4.69, 9.17) is 0 Å². The Kier molecular flexibility index (Phi) is 5.05. The minimum atomic E-state index is -0.887. The number of nitrogens with zero attached hydrogens (tertiary/aromatic N) is 4. The Morgan fingerprint density at radius 3 is 2.66 bits per heavy atom. The van der Waals surface area contributed by atoms with E-state index in [0.717, 1.165) is 41.6 Å². The first-order valence-corrected chi connectivity index (χ1v) is 9.84. The molecule has 7 heteroatoms. The lowest BCUT2D eigenvalue weighted by Crippen LogP contribution is -2.39. The minimum Gasteiger partial charge on any atom is -0.478 e. The second-order valence-electron chi connectivity index (χ2n) is 7.71. The standard InChI is InChI=1S/C22H24N4O3/c1-14-19-12-17(13-23-20(19)25(2)24-14)21(27)26-9-7-15(8-10-26)11-16-5-3-4-6-18(16)22(28)29/h3-6,12-13,15H,7-11H2,1-2H3,(H,28,29). The molecule has 1 N–H and O–H groups in total. The van der Waals surface area contributed by atoms with Crippen molar-refractivity contribution in [1.82, 2.24) is 19.7 Å². The van der Waals surface area contributed by atoms with Gasteiger partial charge in [-0.15, -0.1) is 0 Å². The van der Waals surface area contributed by atoms with Gasteiger partial charge < -0.3 is 10.0 Å². The Morgan fingerprint density at radius 2 is 1.93 bits per heavy atom. The van der Waals surface area contributed by atoms with Crippen LogP contribution in [-0.4, -0.2) is 49.7 Å². The van der Waals surface area contributed by atoms with Crippen LogP contribution in [0.1, 0.15) is 44.8 Å². The molecular formula is C22H24N4O3. The normalized spacial score (nSPS) is 15.0. The van der Waals surface area contributed by atoms with E-state index in [9.17, 15) is 14.7 Å². The molecule has 1 aliphatic rings. The van der Waals surface area contributed by atoms with Crippen molar-refractivity contribution in [3.63, 3.8) is 0 Å². The number of rotatable bonds is 4. The van der Waals surface area contributed by atoms with Gasteiger partial charge in [-0.1, -0.05) is 18.2 Å². The summed E-state index contributed by atoms with van der Waals surface area (Å²) in [4.78, 5) is 30.6. The molecule has 150 valence electrons. The van der Waals surface area contributed by atoms with Crippen LogP contribution >= 0.6 is 0 Å². The van der Waals surface area contributed by atoms with Gasteiger partial charge in [0, 0.05) is 31.7 Å². The number of pyridine rings is 1. The largest absolute Gasteiger partial charge is 0.478 e. The first-order valence-electron chi connectivity index (χ1n) is 9.84. The summed E-state index contributed by atoms with van der Waals surface area (Å²) in [6, 6.07) is 9.05. The van der Waals surface area contributed by atoms with Gasteiger partial charge in [-0.3, -0.25) is 9.48 Å². The molecule has 1 aliphatic heterocycles. The third-order valence-corrected chi connectivity index (χ3v) is 5.77. The van der Waals surface area contributed by atoms with Crippen molar-refractivity contribution >= 4 is 22.9 Å². The maximum absolute atomic E-state index is 13.0. The molecule has 0 atom stereocenters. The van der Waals surface area contributed by atoms with Crippen molar-refractivity contribution < 1.29 is 14.7 Å².